The molecule has 0 spiro atoms. The van der Waals surface area contributed by atoms with Crippen LogP contribution in [0.25, 0.3) is 0 Å². The predicted octanol–water partition coefficient (Wildman–Crippen LogP) is 0.741. The molecule has 30 heavy (non-hydrogen) atoms. The molecule has 3 rings (SSSR count). The third kappa shape index (κ3) is 4.70. The second-order valence-electron chi connectivity index (χ2n) is 6.79. The van der Waals surface area contributed by atoms with E-state index in [4.69, 9.17) is 23.2 Å². The van der Waals surface area contributed by atoms with Crippen molar-refractivity contribution in [3.8, 4) is 0 Å². The van der Waals surface area contributed by atoms with E-state index in [9.17, 15) is 22.8 Å². The maximum atomic E-state index is 12.8. The molecule has 3 amide bonds. The molecule has 0 aromatic heterocycles. The first-order valence-corrected chi connectivity index (χ1v) is 11.2. The lowest BCUT2D eigenvalue weighted by Crippen LogP contribution is -2.52. The van der Waals surface area contributed by atoms with Crippen LogP contribution in [-0.2, 0) is 24.3 Å². The molecule has 1 N–H and O–H groups in total. The summed E-state index contributed by atoms with van der Waals surface area (Å²) in [5.74, 6) is -1.12. The topological polar surface area (TPSA) is 116 Å². The molecule has 2 saturated heterocycles. The molecule has 2 heterocycles. The molecule has 0 aliphatic carbocycles. The van der Waals surface area contributed by atoms with Gasteiger partial charge in [-0.15, -0.1) is 0 Å². The Morgan fingerprint density at radius 3 is 2.43 bits per heavy atom. The summed E-state index contributed by atoms with van der Waals surface area (Å²) in [5, 5.41) is 2.87. The number of benzene rings is 1. The summed E-state index contributed by atoms with van der Waals surface area (Å²) in [6.07, 6.45) is -0.243. The Kier molecular flexibility index (Phi) is 6.88. The lowest BCUT2D eigenvalue weighted by Gasteiger charge is -2.35. The highest BCUT2D eigenvalue weighted by atomic mass is 35.5. The van der Waals surface area contributed by atoms with Crippen molar-refractivity contribution in [3.05, 3.63) is 28.2 Å². The predicted molar refractivity (Wildman–Crippen MR) is 107 cm³/mol. The summed E-state index contributed by atoms with van der Waals surface area (Å²) in [7, 11) is -2.55. The fourth-order valence-corrected chi connectivity index (χ4v) is 5.01. The second-order valence-corrected chi connectivity index (χ2v) is 9.54. The molecule has 1 atom stereocenters. The minimum Gasteiger partial charge on any atom is -0.469 e. The quantitative estimate of drug-likeness (QED) is 0.473. The van der Waals surface area contributed by atoms with Crippen LogP contribution in [0.1, 0.15) is 6.42 Å². The minimum atomic E-state index is -3.75. The van der Waals surface area contributed by atoms with E-state index in [1.165, 1.54) is 29.6 Å². The van der Waals surface area contributed by atoms with Gasteiger partial charge < -0.3 is 10.1 Å². The van der Waals surface area contributed by atoms with Gasteiger partial charge >= 0.3 is 12.0 Å². The summed E-state index contributed by atoms with van der Waals surface area (Å²) in [5.41, 5.74) is 0. The number of piperazine rings is 1. The van der Waals surface area contributed by atoms with E-state index in [1.54, 1.807) is 4.90 Å². The largest absolute Gasteiger partial charge is 0.469 e. The number of carbonyl (C=O) groups is 3. The van der Waals surface area contributed by atoms with Crippen LogP contribution in [0.3, 0.4) is 0 Å². The van der Waals surface area contributed by atoms with Gasteiger partial charge in [0.25, 0.3) is 5.91 Å². The number of esters is 1. The van der Waals surface area contributed by atoms with E-state index in [0.717, 1.165) is 4.90 Å². The van der Waals surface area contributed by atoms with Gasteiger partial charge in [0.1, 0.15) is 6.04 Å². The summed E-state index contributed by atoms with van der Waals surface area (Å²) in [4.78, 5) is 38.7. The molecule has 1 unspecified atom stereocenters. The number of ether oxygens (including phenoxy) is 1. The van der Waals surface area contributed by atoms with Crippen molar-refractivity contribution < 1.29 is 27.5 Å². The van der Waals surface area contributed by atoms with Crippen molar-refractivity contribution in [2.45, 2.75) is 17.4 Å². The van der Waals surface area contributed by atoms with E-state index < -0.39 is 34.0 Å². The normalized spacial score (nSPS) is 21.0. The fraction of sp³-hybridized carbons (Fsp3) is 0.471. The van der Waals surface area contributed by atoms with Crippen LogP contribution in [0, 0.1) is 0 Å². The van der Waals surface area contributed by atoms with Crippen molar-refractivity contribution in [2.24, 2.45) is 0 Å². The van der Waals surface area contributed by atoms with Crippen LogP contribution in [0.15, 0.2) is 23.1 Å². The number of carbonyl (C=O) groups excluding carboxylic acids is 3. The van der Waals surface area contributed by atoms with Crippen molar-refractivity contribution in [3.63, 3.8) is 0 Å². The highest BCUT2D eigenvalue weighted by molar-refractivity contribution is 7.89. The van der Waals surface area contributed by atoms with Crippen LogP contribution in [0.2, 0.25) is 10.0 Å². The third-order valence-electron chi connectivity index (χ3n) is 4.91. The average Bonchev–Trinajstić information content (AvgIpc) is 2.97. The molecule has 2 fully saturated rings. The molecule has 13 heteroatoms. The van der Waals surface area contributed by atoms with Crippen molar-refractivity contribution in [1.29, 1.82) is 0 Å². The Morgan fingerprint density at radius 2 is 1.83 bits per heavy atom. The molecular weight excluding hydrogens is 459 g/mol. The van der Waals surface area contributed by atoms with Crippen LogP contribution < -0.4 is 5.32 Å². The maximum absolute atomic E-state index is 12.8. The van der Waals surface area contributed by atoms with Crippen LogP contribution in [0.5, 0.6) is 0 Å². The number of sulfonamides is 1. The molecule has 0 radical (unpaired) electrons. The Labute approximate surface area is 183 Å². The summed E-state index contributed by atoms with van der Waals surface area (Å²) >= 11 is 11.8. The fourth-order valence-electron chi connectivity index (χ4n) is 3.20. The van der Waals surface area contributed by atoms with Crippen molar-refractivity contribution in [2.75, 3.05) is 40.0 Å². The number of rotatable bonds is 6. The minimum absolute atomic E-state index is 0.00298. The number of urea groups is 1. The lowest BCUT2D eigenvalue weighted by atomic mass is 10.2. The summed E-state index contributed by atoms with van der Waals surface area (Å²) in [6, 6.07) is 2.57. The van der Waals surface area contributed by atoms with Crippen LogP contribution in [-0.4, -0.2) is 86.4 Å². The van der Waals surface area contributed by atoms with Gasteiger partial charge in [0.15, 0.2) is 0 Å². The highest BCUT2D eigenvalue weighted by Gasteiger charge is 2.40. The van der Waals surface area contributed by atoms with Gasteiger partial charge in [0.05, 0.1) is 35.1 Å². The molecule has 1 aromatic rings. The number of halogens is 2. The van der Waals surface area contributed by atoms with E-state index in [-0.39, 0.29) is 41.1 Å². The summed E-state index contributed by atoms with van der Waals surface area (Å²) in [6.45, 7) is 0.997. The van der Waals surface area contributed by atoms with E-state index >= 15 is 0 Å². The van der Waals surface area contributed by atoms with E-state index in [2.05, 4.69) is 10.1 Å². The van der Waals surface area contributed by atoms with Gasteiger partial charge in [0.2, 0.25) is 10.0 Å². The van der Waals surface area contributed by atoms with Crippen LogP contribution in [0.4, 0.5) is 4.79 Å². The lowest BCUT2D eigenvalue weighted by molar-refractivity contribution is -0.143. The maximum Gasteiger partial charge on any atom is 0.325 e. The van der Waals surface area contributed by atoms with E-state index in [1.807, 2.05) is 0 Å². The molecule has 0 bridgehead atoms. The first-order valence-electron chi connectivity index (χ1n) is 8.99. The van der Waals surface area contributed by atoms with Gasteiger partial charge in [-0.05, 0) is 18.2 Å². The Morgan fingerprint density at radius 1 is 1.17 bits per heavy atom. The van der Waals surface area contributed by atoms with E-state index in [0.29, 0.717) is 13.1 Å². The monoisotopic (exact) mass is 478 g/mol. The number of hydrogen-bond acceptors (Lipinski definition) is 7. The molecule has 0 saturated carbocycles. The number of nitrogens with one attached hydrogen (secondary N) is 1. The first kappa shape index (κ1) is 22.8. The molecule has 2 aliphatic rings. The number of imide groups is 1. The Hall–Kier alpha value is -1.92. The van der Waals surface area contributed by atoms with Gasteiger partial charge in [-0.25, -0.2) is 18.1 Å². The Bertz CT molecular complexity index is 965. The van der Waals surface area contributed by atoms with Gasteiger partial charge in [-0.2, -0.15) is 4.31 Å². The van der Waals surface area contributed by atoms with Crippen molar-refractivity contribution >= 4 is 51.1 Å². The van der Waals surface area contributed by atoms with Gasteiger partial charge in [0, 0.05) is 26.2 Å². The molecular formula is C17H20Cl2N4O6S. The Balaban J connectivity index is 1.59. The molecule has 1 aromatic carbocycles. The zero-order chi connectivity index (χ0) is 22.1. The first-order chi connectivity index (χ1) is 14.1. The number of methoxy groups -OCH3 is 1. The number of nitrogens with zero attached hydrogens (tertiary/aromatic N) is 3. The zero-order valence-electron chi connectivity index (χ0n) is 16.0. The van der Waals surface area contributed by atoms with Crippen molar-refractivity contribution in [1.82, 2.24) is 19.4 Å². The standard InChI is InChI=1S/C17H20Cl2N4O6S/c1-29-15(24)9-14-16(25)23(17(26)20-14)10-21-4-6-22(7-5-21)30(27,28)11-2-3-12(18)13(19)8-11/h2-3,8,14H,4-7,9-10H2,1H3,(H,20,26). The van der Waals surface area contributed by atoms with Crippen LogP contribution >= 0.6 is 23.2 Å². The SMILES string of the molecule is COC(=O)CC1NC(=O)N(CN2CCN(S(=O)(=O)c3ccc(Cl)c(Cl)c3)CC2)C1=O. The number of amides is 3. The van der Waals surface area contributed by atoms with Gasteiger partial charge in [-0.3, -0.25) is 14.5 Å². The zero-order valence-corrected chi connectivity index (χ0v) is 18.3. The highest BCUT2D eigenvalue weighted by Crippen LogP contribution is 2.27. The molecule has 10 nitrogen and oxygen atoms in total. The number of hydrogen-bond donors (Lipinski definition) is 1. The molecule has 2 aliphatic heterocycles. The second kappa shape index (κ2) is 9.06. The average molecular weight is 479 g/mol. The van der Waals surface area contributed by atoms with Gasteiger partial charge in [-0.1, -0.05) is 23.2 Å². The third-order valence-corrected chi connectivity index (χ3v) is 7.54. The smallest absolute Gasteiger partial charge is 0.325 e. The summed E-state index contributed by atoms with van der Waals surface area (Å²) < 4.78 is 31.5. The molecule has 164 valence electrons.